The molecule has 0 spiro atoms. The van der Waals surface area contributed by atoms with E-state index in [0.29, 0.717) is 25.5 Å². The molecule has 2 aromatic heterocycles. The fraction of sp³-hybridized carbons (Fsp3) is 0.414. The van der Waals surface area contributed by atoms with Crippen LogP contribution in [0.15, 0.2) is 48.9 Å². The summed E-state index contributed by atoms with van der Waals surface area (Å²) >= 11 is 0. The van der Waals surface area contributed by atoms with Crippen molar-refractivity contribution in [2.24, 2.45) is 0 Å². The molecule has 8 nitrogen and oxygen atoms in total. The standard InChI is InChI=1S/C29H35N5O3/c1-20-7-8-23-24(16-20)22(18-34-11-10-30-25(34)19-35)17-21-6-5-9-31-26(21)27(23)32-12-14-33(15-13-32)28(36)37-29(2,3)4/h5-11,16-17,27,35H,12-15,18-19H2,1-4H3. The van der Waals surface area contributed by atoms with E-state index in [-0.39, 0.29) is 18.7 Å². The number of nitrogens with zero attached hydrogens (tertiary/aromatic N) is 5. The lowest BCUT2D eigenvalue weighted by Gasteiger charge is -2.40. The lowest BCUT2D eigenvalue weighted by Crippen LogP contribution is -2.51. The number of fused-ring (bicyclic) bond motifs is 2. The summed E-state index contributed by atoms with van der Waals surface area (Å²) in [6.45, 7) is 10.9. The summed E-state index contributed by atoms with van der Waals surface area (Å²) in [5.41, 5.74) is 6.29. The number of piperazine rings is 1. The number of hydrogen-bond acceptors (Lipinski definition) is 6. The number of aromatic nitrogens is 3. The van der Waals surface area contributed by atoms with E-state index in [1.54, 1.807) is 11.1 Å². The molecule has 1 saturated heterocycles. The smallest absolute Gasteiger partial charge is 0.410 e. The number of aliphatic hydroxyl groups excluding tert-OH is 1. The highest BCUT2D eigenvalue weighted by atomic mass is 16.6. The number of aliphatic hydroxyl groups is 1. The number of amides is 1. The third kappa shape index (κ3) is 5.31. The number of ether oxygens (including phenoxy) is 1. The summed E-state index contributed by atoms with van der Waals surface area (Å²) < 4.78 is 7.60. The van der Waals surface area contributed by atoms with E-state index in [0.717, 1.165) is 29.9 Å². The molecular weight excluding hydrogens is 466 g/mol. The molecule has 194 valence electrons. The molecule has 0 radical (unpaired) electrons. The van der Waals surface area contributed by atoms with Gasteiger partial charge in [0.05, 0.1) is 11.7 Å². The van der Waals surface area contributed by atoms with E-state index >= 15 is 0 Å². The van der Waals surface area contributed by atoms with Crippen molar-refractivity contribution in [3.8, 4) is 0 Å². The summed E-state index contributed by atoms with van der Waals surface area (Å²) in [6.07, 6.45) is 7.45. The Balaban J connectivity index is 1.50. The first-order valence-corrected chi connectivity index (χ1v) is 12.8. The van der Waals surface area contributed by atoms with Crippen LogP contribution in [0, 0.1) is 6.92 Å². The van der Waals surface area contributed by atoms with Crippen LogP contribution < -0.4 is 0 Å². The zero-order valence-corrected chi connectivity index (χ0v) is 22.0. The summed E-state index contributed by atoms with van der Waals surface area (Å²) in [4.78, 5) is 26.1. The molecule has 1 aromatic carbocycles. The van der Waals surface area contributed by atoms with Crippen LogP contribution >= 0.6 is 0 Å². The topological polar surface area (TPSA) is 83.7 Å². The Morgan fingerprint density at radius 3 is 2.62 bits per heavy atom. The minimum absolute atomic E-state index is 0.0403. The number of pyridine rings is 1. The van der Waals surface area contributed by atoms with Crippen LogP contribution in [0.25, 0.3) is 11.6 Å². The maximum absolute atomic E-state index is 12.7. The molecule has 3 aromatic rings. The fourth-order valence-electron chi connectivity index (χ4n) is 5.19. The van der Waals surface area contributed by atoms with Gasteiger partial charge in [-0.3, -0.25) is 9.88 Å². The molecule has 3 heterocycles. The molecule has 1 atom stereocenters. The first kappa shape index (κ1) is 25.2. The second-order valence-corrected chi connectivity index (χ2v) is 10.8. The molecule has 8 heteroatoms. The summed E-state index contributed by atoms with van der Waals surface area (Å²) in [6, 6.07) is 10.7. The number of hydrogen-bond donors (Lipinski definition) is 1. The number of imidazole rings is 1. The first-order chi connectivity index (χ1) is 17.7. The SMILES string of the molecule is Cc1ccc2c(c1)C(Cn1ccnc1CO)=Cc1cccnc1C2N1CCN(C(=O)OC(C)(C)C)CC1. The Labute approximate surface area is 218 Å². The van der Waals surface area contributed by atoms with Crippen molar-refractivity contribution in [3.05, 3.63) is 82.7 Å². The van der Waals surface area contributed by atoms with Gasteiger partial charge in [0.2, 0.25) is 0 Å². The van der Waals surface area contributed by atoms with Gasteiger partial charge in [-0.15, -0.1) is 0 Å². The van der Waals surface area contributed by atoms with Gasteiger partial charge in [-0.25, -0.2) is 9.78 Å². The summed E-state index contributed by atoms with van der Waals surface area (Å²) in [5.74, 6) is 0.639. The van der Waals surface area contributed by atoms with Crippen LogP contribution in [0.1, 0.15) is 60.6 Å². The lowest BCUT2D eigenvalue weighted by molar-refractivity contribution is 0.0118. The summed E-state index contributed by atoms with van der Waals surface area (Å²) in [7, 11) is 0. The van der Waals surface area contributed by atoms with Crippen LogP contribution in [0.3, 0.4) is 0 Å². The molecule has 1 aliphatic carbocycles. The highest BCUT2D eigenvalue weighted by molar-refractivity contribution is 5.86. The molecule has 37 heavy (non-hydrogen) atoms. The van der Waals surface area contributed by atoms with Gasteiger partial charge in [-0.1, -0.05) is 29.8 Å². The molecule has 0 bridgehead atoms. The zero-order chi connectivity index (χ0) is 26.2. The first-order valence-electron chi connectivity index (χ1n) is 12.8. The fourth-order valence-corrected chi connectivity index (χ4v) is 5.19. The Bertz CT molecular complexity index is 1320. The number of rotatable bonds is 4. The van der Waals surface area contributed by atoms with Crippen LogP contribution in [-0.2, 0) is 17.9 Å². The van der Waals surface area contributed by atoms with Gasteiger partial charge in [-0.05, 0) is 62.1 Å². The minimum Gasteiger partial charge on any atom is -0.444 e. The van der Waals surface area contributed by atoms with E-state index < -0.39 is 5.60 Å². The maximum atomic E-state index is 12.7. The highest BCUT2D eigenvalue weighted by Gasteiger charge is 2.34. The zero-order valence-electron chi connectivity index (χ0n) is 22.0. The Hall–Kier alpha value is -3.49. The van der Waals surface area contributed by atoms with Crippen molar-refractivity contribution in [1.29, 1.82) is 0 Å². The number of aryl methyl sites for hydroxylation is 1. The number of benzene rings is 1. The van der Waals surface area contributed by atoms with Gasteiger partial charge >= 0.3 is 6.09 Å². The largest absolute Gasteiger partial charge is 0.444 e. The predicted molar refractivity (Wildman–Crippen MR) is 143 cm³/mol. The van der Waals surface area contributed by atoms with Crippen molar-refractivity contribution in [1.82, 2.24) is 24.3 Å². The molecule has 1 amide bonds. The van der Waals surface area contributed by atoms with Crippen LogP contribution in [0.5, 0.6) is 0 Å². The molecule has 5 rings (SSSR count). The molecule has 1 aliphatic heterocycles. The second-order valence-electron chi connectivity index (χ2n) is 10.8. The van der Waals surface area contributed by atoms with Crippen LogP contribution in [0.2, 0.25) is 0 Å². The van der Waals surface area contributed by atoms with Crippen molar-refractivity contribution >= 4 is 17.7 Å². The predicted octanol–water partition coefficient (Wildman–Crippen LogP) is 4.28. The molecular formula is C29H35N5O3. The number of carbonyl (C=O) groups excluding carboxylic acids is 1. The summed E-state index contributed by atoms with van der Waals surface area (Å²) in [5, 5.41) is 9.77. The van der Waals surface area contributed by atoms with E-state index in [1.165, 1.54) is 16.7 Å². The van der Waals surface area contributed by atoms with Crippen LogP contribution in [-0.4, -0.2) is 67.3 Å². The second kappa shape index (κ2) is 10.1. The Kier molecular flexibility index (Phi) is 6.88. The van der Waals surface area contributed by atoms with Crippen molar-refractivity contribution in [2.75, 3.05) is 26.2 Å². The Morgan fingerprint density at radius 2 is 1.89 bits per heavy atom. The minimum atomic E-state index is -0.512. The maximum Gasteiger partial charge on any atom is 0.410 e. The monoisotopic (exact) mass is 501 g/mol. The van der Waals surface area contributed by atoms with Gasteiger partial charge in [0, 0.05) is 51.3 Å². The van der Waals surface area contributed by atoms with E-state index in [1.807, 2.05) is 43.8 Å². The Morgan fingerprint density at radius 1 is 1.11 bits per heavy atom. The third-order valence-corrected chi connectivity index (χ3v) is 6.92. The van der Waals surface area contributed by atoms with Gasteiger partial charge in [0.25, 0.3) is 0 Å². The average Bonchev–Trinajstić information content (AvgIpc) is 3.26. The highest BCUT2D eigenvalue weighted by Crippen LogP contribution is 2.40. The third-order valence-electron chi connectivity index (χ3n) is 6.92. The lowest BCUT2D eigenvalue weighted by atomic mass is 9.92. The van der Waals surface area contributed by atoms with Crippen molar-refractivity contribution < 1.29 is 14.6 Å². The van der Waals surface area contributed by atoms with Gasteiger partial charge in [-0.2, -0.15) is 0 Å². The van der Waals surface area contributed by atoms with Crippen molar-refractivity contribution in [3.63, 3.8) is 0 Å². The number of carbonyl (C=O) groups is 1. The van der Waals surface area contributed by atoms with E-state index in [4.69, 9.17) is 9.72 Å². The molecule has 0 saturated carbocycles. The molecule has 1 fully saturated rings. The normalized spacial score (nSPS) is 18.0. The average molecular weight is 502 g/mol. The molecule has 2 aliphatic rings. The van der Waals surface area contributed by atoms with Gasteiger partial charge in [0.15, 0.2) is 0 Å². The molecule has 1 N–H and O–H groups in total. The quantitative estimate of drug-likeness (QED) is 0.575. The van der Waals surface area contributed by atoms with E-state index in [2.05, 4.69) is 47.1 Å². The van der Waals surface area contributed by atoms with Crippen molar-refractivity contribution in [2.45, 2.75) is 52.5 Å². The van der Waals surface area contributed by atoms with Gasteiger partial charge < -0.3 is 19.3 Å². The van der Waals surface area contributed by atoms with Crippen LogP contribution in [0.4, 0.5) is 4.79 Å². The molecule has 1 unspecified atom stereocenters. The van der Waals surface area contributed by atoms with E-state index in [9.17, 15) is 9.90 Å². The van der Waals surface area contributed by atoms with Gasteiger partial charge in [0.1, 0.15) is 18.0 Å². The number of allylic oxidation sites excluding steroid dienone is 1.